The monoisotopic (exact) mass is 2150 g/mol. The zero-order valence-corrected chi connectivity index (χ0v) is 82.7. The molecule has 1 saturated heterocycles. The van der Waals surface area contributed by atoms with Crippen molar-refractivity contribution in [2.24, 2.45) is 0 Å². The number of carboxylic acid groups (broad SMARTS) is 1. The zero-order chi connectivity index (χ0) is 95.9. The van der Waals surface area contributed by atoms with Crippen LogP contribution in [-0.4, -0.2) is 144 Å². The molecule has 0 bridgehead atoms. The van der Waals surface area contributed by atoms with E-state index < -0.39 is 26.4 Å². The summed E-state index contributed by atoms with van der Waals surface area (Å²) in [6.07, 6.45) is 17.0. The van der Waals surface area contributed by atoms with Crippen molar-refractivity contribution in [1.29, 1.82) is 0 Å². The van der Waals surface area contributed by atoms with Crippen molar-refractivity contribution in [1.82, 2.24) is 99.7 Å². The molecule has 34 nitrogen and oxygen atoms in total. The number of nitrogens with zero attached hydrogens (tertiary/aromatic N) is 18. The van der Waals surface area contributed by atoms with Crippen LogP contribution in [0, 0.1) is 7.40 Å². The van der Waals surface area contributed by atoms with Crippen LogP contribution in [0.2, 0.25) is 0 Å². The van der Waals surface area contributed by atoms with Crippen molar-refractivity contribution in [3.63, 3.8) is 0 Å². The van der Waals surface area contributed by atoms with Crippen molar-refractivity contribution in [3.8, 4) is 22.5 Å². The Balaban J connectivity index is 0.000000133. The summed E-state index contributed by atoms with van der Waals surface area (Å²) in [5.74, 6) is -1.01. The van der Waals surface area contributed by atoms with E-state index in [2.05, 4.69) is 209 Å². The molecule has 7 aromatic carbocycles. The van der Waals surface area contributed by atoms with Gasteiger partial charge in [-0.1, -0.05) is 94.8 Å². The summed E-state index contributed by atoms with van der Waals surface area (Å²) in [6.45, 7) is 11.9. The number of rotatable bonds is 10. The van der Waals surface area contributed by atoms with Crippen molar-refractivity contribution in [2.45, 2.75) is 160 Å². The summed E-state index contributed by atoms with van der Waals surface area (Å²) in [4.78, 5) is 55.0. The van der Waals surface area contributed by atoms with Crippen molar-refractivity contribution in [3.05, 3.63) is 227 Å². The van der Waals surface area contributed by atoms with Crippen LogP contribution in [0.25, 0.3) is 99.9 Å². The van der Waals surface area contributed by atoms with Gasteiger partial charge < -0.3 is 74.5 Å². The molecule has 0 spiro atoms. The van der Waals surface area contributed by atoms with Gasteiger partial charge in [0.1, 0.15) is 83.9 Å². The second-order valence-corrected chi connectivity index (χ2v) is 36.2. The molecule has 1 fully saturated rings. The number of aromatic amines is 1. The van der Waals surface area contributed by atoms with E-state index in [9.17, 15) is 17.6 Å². The number of aryl methyl sites for hydroxylation is 6. The predicted octanol–water partition coefficient (Wildman–Crippen LogP) is 13.2. The molecule has 0 atom stereocenters. The summed E-state index contributed by atoms with van der Waals surface area (Å²) in [5.41, 5.74) is 67.9. The number of nitrogens with two attached hydrogens (primary N) is 7. The van der Waals surface area contributed by atoms with Crippen molar-refractivity contribution < 1.29 is 82.4 Å². The van der Waals surface area contributed by atoms with Gasteiger partial charge in [-0.25, -0.2) is 58.7 Å². The van der Waals surface area contributed by atoms with E-state index in [0.717, 1.165) is 88.1 Å². The number of benzene rings is 7. The number of alkyl halides is 5. The van der Waals surface area contributed by atoms with Crippen molar-refractivity contribution >= 4 is 198 Å². The van der Waals surface area contributed by atoms with Crippen LogP contribution in [0.1, 0.15) is 136 Å². The van der Waals surface area contributed by atoms with Gasteiger partial charge in [0.25, 0.3) is 18.0 Å². The zero-order valence-electron chi connectivity index (χ0n) is 76.8. The number of fused-ring (bicyclic) bond motifs is 11. The number of nitrogens with one attached hydrogen (secondary N) is 2. The molecule has 2 aliphatic heterocycles. The Labute approximate surface area is 836 Å². The van der Waals surface area contributed by atoms with E-state index in [0.29, 0.717) is 98.8 Å². The van der Waals surface area contributed by atoms with Gasteiger partial charge in [0.15, 0.2) is 39.3 Å². The molecule has 11 aromatic heterocycles. The largest absolute Gasteiger partial charge is 1.00 e. The number of hydrogen-bond acceptors (Lipinski definition) is 29. The molecule has 43 heteroatoms. The minimum atomic E-state index is -5.08. The van der Waals surface area contributed by atoms with E-state index in [1.165, 1.54) is 152 Å². The average molecular weight is 2150 g/mol. The number of anilines is 7. The summed E-state index contributed by atoms with van der Waals surface area (Å²) < 4.78 is 82.7. The standard InChI is InChI=1S/C23H21N7O.C22H20N8O.C16H16IN5.C13H17BN2O3.C11H13Br.C5H4IN5.C2HF3O2.CH3F.Na.H/c24-21-19-20(16-7-8-18-17(10-16)28-23(25)31-18)29-30(22(19)27-12-26-21)11-13-5-6-14-3-1-2-4-15(14)9-13;23-20-18-19(14-3-4-17-16(8-14)28-22(24)31-17)29-30(21(18)27-11-26-20)10-12-1-2-15-9-25-6-5-13(15)7-12;17-14-13-15(18)19-9-20-16(13)22(21-14)8-10-5-6-11-3-1-2-4-12(11)7-10;1-12(2)13(3,4)19-14(18-12)8-5-6-10-9(7-8)16-11(15)17-10;12-8-9-5-6-10-3-1-2-4-11(10)7-9;6-3-2-4(7)8-1-9-5(2)11-10-3;3-2(4,5)1(6)7;1-2;;/h5-10,12H,1-4,11H2,(H2,25,28)(H2,24,26,27);1-4,7-8,11,25H,5-6,9-10H2,(H2,24,28)(H2,23,26,27);5-7,9H,1-4,8H2,(H2,18,19,20);5-7H,1-4H3,(H2,15,16);5-7H,1-4,8H2;1H,(H3,7,8,9,10,11);(H,6,7);1H3;;/q;;;;;;;;+1;-1/i;;;;;;;1D;;. The first-order valence-electron chi connectivity index (χ1n) is 43.9. The minimum Gasteiger partial charge on any atom is -1.00 e. The molecule has 0 amide bonds. The first kappa shape index (κ1) is 96.9. The number of hydrogen-bond donors (Lipinski definition) is 10. The van der Waals surface area contributed by atoms with E-state index in [4.69, 9.17) is 84.2 Å². The number of aromatic nitrogens is 19. The quantitative estimate of drug-likeness (QED) is 0.0263. The van der Waals surface area contributed by atoms with Gasteiger partial charge >= 0.3 is 48.8 Å². The molecule has 23 rings (SSSR count). The van der Waals surface area contributed by atoms with Gasteiger partial charge in [0.05, 0.1) is 60.9 Å². The van der Waals surface area contributed by atoms with E-state index in [1.807, 2.05) is 96.3 Å². The van der Waals surface area contributed by atoms with Crippen LogP contribution in [-0.2, 0) is 90.6 Å². The SMILES string of the molecule is BrCc1ccc2c(c1)CCCC2.CC1(C)OB(c2ccc3oc(N)nc3c2)OC1(C)C.Nc1nc2cc(-c3nn(Cc4ccc5c(c4)CCCC5)c4ncnc(N)c34)ccc2o1.Nc1nc2cc(-c3nn(Cc4ccc5c(c4)CCNC5)c4ncnc(N)c34)ccc2o1.Nc1ncnc2c1c(I)nn2Cc1ccc2c(c1)CCCC2.Nc1ncnc2n[nH]c(I)c12.O=C(O)C(F)(F)F.[2H]CF.[H-].[Na+]. The topological polar surface area (TPSA) is 513 Å². The Bertz CT molecular complexity index is 7190. The van der Waals surface area contributed by atoms with Gasteiger partial charge in [0, 0.05) is 23.0 Å². The van der Waals surface area contributed by atoms with E-state index in [-0.39, 0.29) is 60.2 Å². The Kier molecular flexibility index (Phi) is 30.4. The smallest absolute Gasteiger partial charge is 1.00 e. The van der Waals surface area contributed by atoms with Crippen LogP contribution < -0.4 is 80.5 Å². The first-order chi connectivity index (χ1) is 65.4. The number of oxazole rings is 3. The maximum Gasteiger partial charge on any atom is 1.00 e. The normalized spacial score (nSPS) is 14.5. The molecule has 13 heterocycles. The third-order valence-electron chi connectivity index (χ3n) is 24.1. The predicted molar refractivity (Wildman–Crippen MR) is 533 cm³/mol. The molecular weight excluding hydrogens is 2050 g/mol. The Morgan fingerprint density at radius 2 is 0.868 bits per heavy atom. The Morgan fingerprint density at radius 3 is 1.30 bits per heavy atom. The Morgan fingerprint density at radius 1 is 0.500 bits per heavy atom. The molecule has 5 aliphatic rings. The van der Waals surface area contributed by atoms with E-state index >= 15 is 0 Å². The number of halogens is 7. The second-order valence-electron chi connectivity index (χ2n) is 33.6. The van der Waals surface area contributed by atoms with Gasteiger partial charge in [0.2, 0.25) is 0 Å². The van der Waals surface area contributed by atoms with Crippen LogP contribution in [0.3, 0.4) is 0 Å². The summed E-state index contributed by atoms with van der Waals surface area (Å²) in [6, 6.07) is 44.4. The third-order valence-corrected chi connectivity index (χ3v) is 26.3. The van der Waals surface area contributed by atoms with Crippen molar-refractivity contribution in [2.75, 3.05) is 53.8 Å². The number of nitrogen functional groups attached to an aromatic ring is 7. The fraction of sp³-hybridized carbons (Fsp3) is 0.290. The summed E-state index contributed by atoms with van der Waals surface area (Å²) >= 11 is 7.78. The number of carbonyl (C=O) groups is 1. The molecule has 17 N–H and O–H groups in total. The molecule has 0 radical (unpaired) electrons. The first-order valence-corrected chi connectivity index (χ1v) is 46.5. The number of aliphatic carboxylic acids is 1. The molecule has 3 aliphatic carbocycles. The molecular formula is C93H96BBrF4I2N27NaO7. The van der Waals surface area contributed by atoms with Crippen LogP contribution in [0.15, 0.2) is 166 Å². The average Bonchev–Trinajstić information content (AvgIpc) is 1.61. The summed E-state index contributed by atoms with van der Waals surface area (Å²) in [7, 11) is -1.40. The fourth-order valence-electron chi connectivity index (χ4n) is 16.7. The fourth-order valence-corrected chi connectivity index (χ4v) is 18.5. The van der Waals surface area contributed by atoms with Gasteiger partial charge in [-0.2, -0.15) is 48.5 Å². The minimum absolute atomic E-state index is 0. The maximum atomic E-state index is 10.6. The molecule has 0 unspecified atom stereocenters. The molecule has 0 saturated carbocycles. The number of H-pyrrole nitrogens is 1. The van der Waals surface area contributed by atoms with Crippen LogP contribution >= 0.6 is 61.1 Å². The molecule has 18 aromatic rings. The number of carboxylic acids is 1. The second kappa shape index (κ2) is 42.6. The van der Waals surface area contributed by atoms with Gasteiger partial charge in [-0.15, -0.1) is 0 Å². The maximum absolute atomic E-state index is 10.6. The Hall–Kier alpha value is -12.2. The van der Waals surface area contributed by atoms with Crippen LogP contribution in [0.5, 0.6) is 0 Å². The van der Waals surface area contributed by atoms with Crippen LogP contribution in [0.4, 0.5) is 58.9 Å². The summed E-state index contributed by atoms with van der Waals surface area (Å²) in [5, 5.41) is 35.6. The molecule has 698 valence electrons. The van der Waals surface area contributed by atoms with Gasteiger partial charge in [-0.3, -0.25) is 9.49 Å². The van der Waals surface area contributed by atoms with E-state index in [1.54, 1.807) is 11.1 Å². The van der Waals surface area contributed by atoms with Gasteiger partial charge in [-0.05, 0) is 284 Å². The molecule has 136 heavy (non-hydrogen) atoms. The third kappa shape index (κ3) is 22.2.